The second-order valence-electron chi connectivity index (χ2n) is 8.83. The maximum Gasteiger partial charge on any atom is 0.264 e. The Bertz CT molecular complexity index is 1310. The number of hydrogen-bond donors (Lipinski definition) is 1. The zero-order valence-electron chi connectivity index (χ0n) is 22.3. The molecule has 3 rings (SSSR count). The van der Waals surface area contributed by atoms with E-state index in [2.05, 4.69) is 5.32 Å². The summed E-state index contributed by atoms with van der Waals surface area (Å²) in [6, 6.07) is 21.5. The van der Waals surface area contributed by atoms with Crippen LogP contribution >= 0.6 is 0 Å². The minimum absolute atomic E-state index is 0.0284. The molecule has 0 fully saturated rings. The van der Waals surface area contributed by atoms with Gasteiger partial charge in [0, 0.05) is 13.1 Å². The summed E-state index contributed by atoms with van der Waals surface area (Å²) < 4.78 is 34.2. The van der Waals surface area contributed by atoms with Gasteiger partial charge in [0.1, 0.15) is 18.3 Å². The monoisotopic (exact) mass is 537 g/mol. The van der Waals surface area contributed by atoms with Gasteiger partial charge >= 0.3 is 0 Å². The molecule has 3 aromatic carbocycles. The van der Waals surface area contributed by atoms with Crippen LogP contribution in [0.25, 0.3) is 0 Å². The molecule has 0 spiro atoms. The first-order chi connectivity index (χ1) is 18.2. The van der Waals surface area contributed by atoms with Crippen molar-refractivity contribution in [3.8, 4) is 5.75 Å². The van der Waals surface area contributed by atoms with Gasteiger partial charge in [0.15, 0.2) is 0 Å². The zero-order chi connectivity index (χ0) is 27.7. The quantitative estimate of drug-likeness (QED) is 0.375. The highest BCUT2D eigenvalue weighted by molar-refractivity contribution is 7.92. The first-order valence-corrected chi connectivity index (χ1v) is 14.0. The van der Waals surface area contributed by atoms with E-state index in [9.17, 15) is 18.0 Å². The molecule has 0 radical (unpaired) electrons. The Morgan fingerprint density at radius 1 is 0.921 bits per heavy atom. The third-order valence-electron chi connectivity index (χ3n) is 6.04. The van der Waals surface area contributed by atoms with Crippen LogP contribution in [0.5, 0.6) is 5.75 Å². The molecule has 0 heterocycles. The van der Waals surface area contributed by atoms with Crippen LogP contribution < -0.4 is 14.4 Å². The first-order valence-electron chi connectivity index (χ1n) is 12.6. The van der Waals surface area contributed by atoms with Crippen molar-refractivity contribution in [2.24, 2.45) is 0 Å². The largest absolute Gasteiger partial charge is 0.494 e. The van der Waals surface area contributed by atoms with Gasteiger partial charge in [-0.05, 0) is 69.7 Å². The van der Waals surface area contributed by atoms with Gasteiger partial charge in [-0.15, -0.1) is 0 Å². The van der Waals surface area contributed by atoms with Crippen molar-refractivity contribution in [1.29, 1.82) is 0 Å². The first kappa shape index (κ1) is 28.7. The summed E-state index contributed by atoms with van der Waals surface area (Å²) in [5.74, 6) is -0.259. The van der Waals surface area contributed by atoms with Crippen LogP contribution in [0.2, 0.25) is 0 Å². The van der Waals surface area contributed by atoms with Gasteiger partial charge in [0.2, 0.25) is 11.8 Å². The van der Waals surface area contributed by atoms with E-state index in [1.807, 2.05) is 44.2 Å². The second kappa shape index (κ2) is 13.1. The summed E-state index contributed by atoms with van der Waals surface area (Å²) in [4.78, 5) is 28.0. The number of likely N-dealkylation sites (N-methyl/N-ethyl adjacent to an activating group) is 1. The summed E-state index contributed by atoms with van der Waals surface area (Å²) in [6.07, 6.45) is 0. The average Bonchev–Trinajstić information content (AvgIpc) is 2.91. The van der Waals surface area contributed by atoms with Gasteiger partial charge in [-0.1, -0.05) is 48.0 Å². The van der Waals surface area contributed by atoms with Crippen LogP contribution in [0.1, 0.15) is 31.9 Å². The Balaban J connectivity index is 2.00. The molecule has 1 atom stereocenters. The smallest absolute Gasteiger partial charge is 0.264 e. The van der Waals surface area contributed by atoms with Gasteiger partial charge in [0.25, 0.3) is 10.0 Å². The van der Waals surface area contributed by atoms with Crippen molar-refractivity contribution in [3.63, 3.8) is 0 Å². The zero-order valence-corrected chi connectivity index (χ0v) is 23.1. The molecule has 3 aromatic rings. The summed E-state index contributed by atoms with van der Waals surface area (Å²) >= 11 is 0. The number of hydrogen-bond acceptors (Lipinski definition) is 5. The van der Waals surface area contributed by atoms with Crippen LogP contribution in [0.4, 0.5) is 5.69 Å². The van der Waals surface area contributed by atoms with Crippen molar-refractivity contribution in [1.82, 2.24) is 10.2 Å². The van der Waals surface area contributed by atoms with E-state index in [4.69, 9.17) is 4.74 Å². The maximum absolute atomic E-state index is 13.8. The van der Waals surface area contributed by atoms with Gasteiger partial charge < -0.3 is 15.0 Å². The second-order valence-corrected chi connectivity index (χ2v) is 10.7. The lowest BCUT2D eigenvalue weighted by Crippen LogP contribution is -2.51. The topological polar surface area (TPSA) is 96.0 Å². The molecular formula is C29H35N3O5S. The molecule has 0 bridgehead atoms. The van der Waals surface area contributed by atoms with Crippen molar-refractivity contribution in [3.05, 3.63) is 90.0 Å². The fraction of sp³-hybridized carbons (Fsp3) is 0.310. The van der Waals surface area contributed by atoms with Gasteiger partial charge in [0.05, 0.1) is 17.2 Å². The Morgan fingerprint density at radius 3 is 2.13 bits per heavy atom. The lowest BCUT2D eigenvalue weighted by atomic mass is 10.1. The molecule has 0 aromatic heterocycles. The molecule has 0 aliphatic carbocycles. The number of benzene rings is 3. The van der Waals surface area contributed by atoms with Crippen LogP contribution in [-0.4, -0.2) is 50.9 Å². The maximum atomic E-state index is 13.8. The van der Waals surface area contributed by atoms with Gasteiger partial charge in [-0.3, -0.25) is 13.9 Å². The Labute approximate surface area is 225 Å². The molecule has 38 heavy (non-hydrogen) atoms. The molecule has 8 nitrogen and oxygen atoms in total. The van der Waals surface area contributed by atoms with Crippen molar-refractivity contribution >= 4 is 27.5 Å². The molecule has 0 aliphatic rings. The number of rotatable bonds is 12. The predicted octanol–water partition coefficient (Wildman–Crippen LogP) is 4.14. The fourth-order valence-corrected chi connectivity index (χ4v) is 5.34. The number of aryl methyl sites for hydroxylation is 1. The third-order valence-corrected chi connectivity index (χ3v) is 7.83. The van der Waals surface area contributed by atoms with Crippen LogP contribution in [0, 0.1) is 6.92 Å². The highest BCUT2D eigenvalue weighted by Crippen LogP contribution is 2.26. The molecule has 9 heteroatoms. The SMILES string of the molecule is CCNC(=O)[C@H](C)N(Cc1ccccc1)C(=O)CN(c1ccc(C)cc1)S(=O)(=O)c1ccc(OCC)cc1. The highest BCUT2D eigenvalue weighted by Gasteiger charge is 2.32. The van der Waals surface area contributed by atoms with E-state index in [1.54, 1.807) is 50.2 Å². The minimum Gasteiger partial charge on any atom is -0.494 e. The van der Waals surface area contributed by atoms with Gasteiger partial charge in [-0.25, -0.2) is 8.42 Å². The molecular weight excluding hydrogens is 502 g/mol. The number of carbonyl (C=O) groups excluding carboxylic acids is 2. The number of anilines is 1. The number of ether oxygens (including phenoxy) is 1. The summed E-state index contributed by atoms with van der Waals surface area (Å²) in [6.45, 7) is 7.74. The van der Waals surface area contributed by atoms with E-state index in [0.29, 0.717) is 24.6 Å². The van der Waals surface area contributed by atoms with E-state index in [0.717, 1.165) is 15.4 Å². The van der Waals surface area contributed by atoms with E-state index in [-0.39, 0.29) is 17.3 Å². The molecule has 202 valence electrons. The normalized spacial score (nSPS) is 11.9. The fourth-order valence-electron chi connectivity index (χ4n) is 3.93. The standard InChI is InChI=1S/C29H35N3O5S/c1-5-30-29(34)23(4)31(20-24-10-8-7-9-11-24)28(33)21-32(25-14-12-22(3)13-15-25)38(35,36)27-18-16-26(17-19-27)37-6-2/h7-19,23H,5-6,20-21H2,1-4H3,(H,30,34)/t23-/m0/s1. The lowest BCUT2D eigenvalue weighted by molar-refractivity contribution is -0.139. The third kappa shape index (κ3) is 7.13. The summed E-state index contributed by atoms with van der Waals surface area (Å²) in [7, 11) is -4.13. The van der Waals surface area contributed by atoms with E-state index in [1.165, 1.54) is 17.0 Å². The number of amides is 2. The van der Waals surface area contributed by atoms with Crippen molar-refractivity contribution < 1.29 is 22.7 Å². The molecule has 2 amide bonds. The van der Waals surface area contributed by atoms with Crippen LogP contribution in [0.15, 0.2) is 83.8 Å². The Kier molecular flexibility index (Phi) is 9.90. The molecule has 0 saturated carbocycles. The summed E-state index contributed by atoms with van der Waals surface area (Å²) in [5.41, 5.74) is 2.13. The lowest BCUT2D eigenvalue weighted by Gasteiger charge is -2.32. The average molecular weight is 538 g/mol. The number of sulfonamides is 1. The van der Waals surface area contributed by atoms with Crippen LogP contribution in [-0.2, 0) is 26.2 Å². The number of nitrogens with zero attached hydrogens (tertiary/aromatic N) is 2. The minimum atomic E-state index is -4.13. The Morgan fingerprint density at radius 2 is 1.55 bits per heavy atom. The predicted molar refractivity (Wildman–Crippen MR) is 148 cm³/mol. The highest BCUT2D eigenvalue weighted by atomic mass is 32.2. The molecule has 1 N–H and O–H groups in total. The summed E-state index contributed by atoms with van der Waals surface area (Å²) in [5, 5.41) is 2.75. The van der Waals surface area contributed by atoms with Crippen LogP contribution in [0.3, 0.4) is 0 Å². The van der Waals surface area contributed by atoms with Crippen molar-refractivity contribution in [2.75, 3.05) is 24.0 Å². The molecule has 0 saturated heterocycles. The van der Waals surface area contributed by atoms with Crippen molar-refractivity contribution in [2.45, 2.75) is 45.2 Å². The molecule has 0 unspecified atom stereocenters. The molecule has 0 aliphatic heterocycles. The van der Waals surface area contributed by atoms with E-state index < -0.39 is 28.5 Å². The number of carbonyl (C=O) groups is 2. The van der Waals surface area contributed by atoms with Gasteiger partial charge in [-0.2, -0.15) is 0 Å². The van der Waals surface area contributed by atoms with E-state index >= 15 is 0 Å². The number of nitrogens with one attached hydrogen (secondary N) is 1. The Hall–Kier alpha value is -3.85.